The van der Waals surface area contributed by atoms with Crippen LogP contribution in [0.15, 0.2) is 54.7 Å². The number of phenols is 1. The molecule has 4 rings (SSSR count). The molecule has 5 nitrogen and oxygen atoms in total. The maximum Gasteiger partial charge on any atom is 0.256 e. The van der Waals surface area contributed by atoms with Gasteiger partial charge in [-0.1, -0.05) is 18.2 Å². The molecule has 1 saturated heterocycles. The van der Waals surface area contributed by atoms with E-state index in [1.54, 1.807) is 18.3 Å². The number of H-pyrrole nitrogens is 1. The zero-order chi connectivity index (χ0) is 16.5. The van der Waals surface area contributed by atoms with Gasteiger partial charge in [0.05, 0.1) is 5.56 Å². The first kappa shape index (κ1) is 14.6. The molecule has 1 aliphatic heterocycles. The lowest BCUT2D eigenvalue weighted by Gasteiger charge is -2.36. The molecule has 24 heavy (non-hydrogen) atoms. The minimum absolute atomic E-state index is 0.0813. The molecule has 0 aliphatic carbocycles. The van der Waals surface area contributed by atoms with Crippen LogP contribution in [0.5, 0.6) is 5.75 Å². The summed E-state index contributed by atoms with van der Waals surface area (Å²) in [6.45, 7) is 2.97. The summed E-state index contributed by atoms with van der Waals surface area (Å²) >= 11 is 0. The number of benzene rings is 2. The van der Waals surface area contributed by atoms with Crippen molar-refractivity contribution in [3.63, 3.8) is 0 Å². The lowest BCUT2D eigenvalue weighted by Crippen LogP contribution is -2.48. The summed E-state index contributed by atoms with van der Waals surface area (Å²) < 4.78 is 0. The van der Waals surface area contributed by atoms with Crippen LogP contribution >= 0.6 is 0 Å². The summed E-state index contributed by atoms with van der Waals surface area (Å²) in [5.41, 5.74) is 2.80. The van der Waals surface area contributed by atoms with E-state index in [0.717, 1.165) is 35.2 Å². The third-order valence-corrected chi connectivity index (χ3v) is 4.60. The van der Waals surface area contributed by atoms with Crippen molar-refractivity contribution in [1.29, 1.82) is 0 Å². The largest absolute Gasteiger partial charge is 0.508 e. The molecule has 0 saturated carbocycles. The number of anilines is 1. The van der Waals surface area contributed by atoms with Crippen molar-refractivity contribution in [3.05, 3.63) is 60.3 Å². The van der Waals surface area contributed by atoms with Gasteiger partial charge < -0.3 is 19.9 Å². The van der Waals surface area contributed by atoms with Gasteiger partial charge in [-0.2, -0.15) is 0 Å². The number of amides is 1. The number of carbonyl (C=O) groups excluding carboxylic acids is 1. The standard InChI is InChI=1S/C19H19N3O2/c23-15-7-5-14(6-8-15)21-9-11-22(12-10-21)19(24)17-13-20-18-4-2-1-3-16(17)18/h1-8,13,20,23H,9-12H2. The first-order valence-electron chi connectivity index (χ1n) is 8.12. The van der Waals surface area contributed by atoms with Gasteiger partial charge in [-0.3, -0.25) is 4.79 Å². The third kappa shape index (κ3) is 2.58. The number of aromatic hydroxyl groups is 1. The van der Waals surface area contributed by atoms with Crippen LogP contribution in [0.3, 0.4) is 0 Å². The van der Waals surface area contributed by atoms with Crippen LogP contribution in [0.2, 0.25) is 0 Å². The lowest BCUT2D eigenvalue weighted by atomic mass is 10.1. The second-order valence-electron chi connectivity index (χ2n) is 6.04. The minimum atomic E-state index is 0.0813. The normalized spacial score (nSPS) is 15.0. The van der Waals surface area contributed by atoms with Gasteiger partial charge in [-0.25, -0.2) is 0 Å². The topological polar surface area (TPSA) is 59.6 Å². The average molecular weight is 321 g/mol. The van der Waals surface area contributed by atoms with Crippen LogP contribution in [0.25, 0.3) is 10.9 Å². The molecule has 0 spiro atoms. The number of phenolic OH excluding ortho intramolecular Hbond substituents is 1. The van der Waals surface area contributed by atoms with Crippen LogP contribution in [0.1, 0.15) is 10.4 Å². The van der Waals surface area contributed by atoms with E-state index >= 15 is 0 Å². The first-order chi connectivity index (χ1) is 11.7. The van der Waals surface area contributed by atoms with Crippen LogP contribution < -0.4 is 4.90 Å². The van der Waals surface area contributed by atoms with E-state index in [9.17, 15) is 9.90 Å². The zero-order valence-electron chi connectivity index (χ0n) is 13.3. The van der Waals surface area contributed by atoms with E-state index in [2.05, 4.69) is 9.88 Å². The number of rotatable bonds is 2. The second-order valence-corrected chi connectivity index (χ2v) is 6.04. The van der Waals surface area contributed by atoms with E-state index in [1.807, 2.05) is 41.3 Å². The lowest BCUT2D eigenvalue weighted by molar-refractivity contribution is 0.0749. The van der Waals surface area contributed by atoms with E-state index in [4.69, 9.17) is 0 Å². The fourth-order valence-electron chi connectivity index (χ4n) is 3.25. The molecule has 122 valence electrons. The summed E-state index contributed by atoms with van der Waals surface area (Å²) in [6.07, 6.45) is 1.80. The van der Waals surface area contributed by atoms with Crippen LogP contribution in [-0.4, -0.2) is 47.1 Å². The van der Waals surface area contributed by atoms with Crippen molar-refractivity contribution in [2.75, 3.05) is 31.1 Å². The molecule has 5 heteroatoms. The molecular weight excluding hydrogens is 302 g/mol. The fourth-order valence-corrected chi connectivity index (χ4v) is 3.25. The summed E-state index contributed by atoms with van der Waals surface area (Å²) in [5.74, 6) is 0.352. The van der Waals surface area contributed by atoms with Crippen LogP contribution in [-0.2, 0) is 0 Å². The Kier molecular flexibility index (Phi) is 3.61. The highest BCUT2D eigenvalue weighted by Gasteiger charge is 2.24. The molecule has 2 N–H and O–H groups in total. The number of carbonyl (C=O) groups is 1. The van der Waals surface area contributed by atoms with Gasteiger partial charge in [0.25, 0.3) is 5.91 Å². The van der Waals surface area contributed by atoms with Crippen molar-refractivity contribution in [2.45, 2.75) is 0 Å². The van der Waals surface area contributed by atoms with Crippen molar-refractivity contribution in [1.82, 2.24) is 9.88 Å². The molecule has 0 bridgehead atoms. The smallest absolute Gasteiger partial charge is 0.256 e. The number of piperazine rings is 1. The van der Waals surface area contributed by atoms with Crippen molar-refractivity contribution >= 4 is 22.5 Å². The quantitative estimate of drug-likeness (QED) is 0.763. The first-order valence-corrected chi connectivity index (χ1v) is 8.12. The highest BCUT2D eigenvalue weighted by Crippen LogP contribution is 2.22. The van der Waals surface area contributed by atoms with Crippen LogP contribution in [0.4, 0.5) is 5.69 Å². The molecule has 1 aromatic heterocycles. The molecule has 1 amide bonds. The second kappa shape index (κ2) is 5.92. The number of aromatic nitrogens is 1. The summed E-state index contributed by atoms with van der Waals surface area (Å²) in [6, 6.07) is 15.1. The Morgan fingerprint density at radius 1 is 0.958 bits per heavy atom. The van der Waals surface area contributed by atoms with Crippen molar-refractivity contribution in [2.24, 2.45) is 0 Å². The maximum absolute atomic E-state index is 12.8. The van der Waals surface area contributed by atoms with Gasteiger partial charge in [0, 0.05) is 49.0 Å². The van der Waals surface area contributed by atoms with Gasteiger partial charge >= 0.3 is 0 Å². The Balaban J connectivity index is 1.47. The Morgan fingerprint density at radius 2 is 1.67 bits per heavy atom. The van der Waals surface area contributed by atoms with Gasteiger partial charge in [0.1, 0.15) is 5.75 Å². The van der Waals surface area contributed by atoms with Crippen molar-refractivity contribution < 1.29 is 9.90 Å². The van der Waals surface area contributed by atoms with E-state index < -0.39 is 0 Å². The number of para-hydroxylation sites is 1. The Morgan fingerprint density at radius 3 is 2.42 bits per heavy atom. The number of nitrogens with one attached hydrogen (secondary N) is 1. The molecule has 2 heterocycles. The molecular formula is C19H19N3O2. The van der Waals surface area contributed by atoms with Crippen LogP contribution in [0, 0.1) is 0 Å². The highest BCUT2D eigenvalue weighted by atomic mass is 16.3. The van der Waals surface area contributed by atoms with Gasteiger partial charge in [0.2, 0.25) is 0 Å². The molecule has 1 fully saturated rings. The third-order valence-electron chi connectivity index (χ3n) is 4.60. The molecule has 2 aromatic carbocycles. The summed E-state index contributed by atoms with van der Waals surface area (Å²) in [4.78, 5) is 20.1. The predicted octanol–water partition coefficient (Wildman–Crippen LogP) is 2.84. The Bertz CT molecular complexity index is 862. The van der Waals surface area contributed by atoms with Gasteiger partial charge in [-0.05, 0) is 30.3 Å². The molecule has 1 aliphatic rings. The van der Waals surface area contributed by atoms with E-state index in [1.165, 1.54) is 0 Å². The molecule has 0 radical (unpaired) electrons. The molecule has 3 aromatic rings. The number of nitrogens with zero attached hydrogens (tertiary/aromatic N) is 2. The monoisotopic (exact) mass is 321 g/mol. The average Bonchev–Trinajstić information content (AvgIpc) is 3.06. The van der Waals surface area contributed by atoms with E-state index in [0.29, 0.717) is 13.1 Å². The predicted molar refractivity (Wildman–Crippen MR) is 94.5 cm³/mol. The number of hydrogen-bond acceptors (Lipinski definition) is 3. The zero-order valence-corrected chi connectivity index (χ0v) is 13.3. The summed E-state index contributed by atoms with van der Waals surface area (Å²) in [5, 5.41) is 10.4. The molecule has 0 atom stereocenters. The molecule has 0 unspecified atom stereocenters. The highest BCUT2D eigenvalue weighted by molar-refractivity contribution is 6.06. The Labute approximate surface area is 140 Å². The summed E-state index contributed by atoms with van der Waals surface area (Å²) in [7, 11) is 0. The number of fused-ring (bicyclic) bond motifs is 1. The SMILES string of the molecule is O=C(c1c[nH]c2ccccc12)N1CCN(c2ccc(O)cc2)CC1. The van der Waals surface area contributed by atoms with Gasteiger partial charge in [-0.15, -0.1) is 0 Å². The van der Waals surface area contributed by atoms with Crippen molar-refractivity contribution in [3.8, 4) is 5.75 Å². The van der Waals surface area contributed by atoms with Gasteiger partial charge in [0.15, 0.2) is 0 Å². The fraction of sp³-hybridized carbons (Fsp3) is 0.211. The Hall–Kier alpha value is -2.95. The van der Waals surface area contributed by atoms with E-state index in [-0.39, 0.29) is 11.7 Å². The minimum Gasteiger partial charge on any atom is -0.508 e. The number of aromatic amines is 1. The maximum atomic E-state index is 12.8. The number of hydrogen-bond donors (Lipinski definition) is 2.